The van der Waals surface area contributed by atoms with Crippen molar-refractivity contribution in [1.29, 1.82) is 0 Å². The Morgan fingerprint density at radius 3 is 2.19 bits per heavy atom. The van der Waals surface area contributed by atoms with Crippen molar-refractivity contribution in [2.45, 2.75) is 52.2 Å². The summed E-state index contributed by atoms with van der Waals surface area (Å²) in [4.78, 5) is 28.2. The Bertz CT molecular complexity index is 1160. The Kier molecular flexibility index (Phi) is 10.9. The van der Waals surface area contributed by atoms with Crippen molar-refractivity contribution >= 4 is 50.7 Å². The van der Waals surface area contributed by atoms with Crippen LogP contribution < -0.4 is 14.4 Å². The molecule has 2 rings (SSSR count). The quantitative estimate of drug-likeness (QED) is 0.414. The van der Waals surface area contributed by atoms with Crippen LogP contribution in [0.1, 0.15) is 39.2 Å². The average molecular weight is 559 g/mol. The van der Waals surface area contributed by atoms with E-state index >= 15 is 0 Å². The fraction of sp³-hybridized carbons (Fsp3) is 0.440. The van der Waals surface area contributed by atoms with Crippen LogP contribution >= 0.6 is 23.2 Å². The van der Waals surface area contributed by atoms with Crippen LogP contribution in [-0.4, -0.2) is 57.1 Å². The van der Waals surface area contributed by atoms with E-state index in [1.807, 2.05) is 13.8 Å². The van der Waals surface area contributed by atoms with E-state index in [0.29, 0.717) is 17.2 Å². The maximum absolute atomic E-state index is 13.7. The van der Waals surface area contributed by atoms with Crippen LogP contribution in [0.5, 0.6) is 5.75 Å². The lowest BCUT2D eigenvalue weighted by Gasteiger charge is -2.33. The van der Waals surface area contributed by atoms with Gasteiger partial charge in [0.15, 0.2) is 0 Å². The fourth-order valence-corrected chi connectivity index (χ4v) is 4.79. The Morgan fingerprint density at radius 1 is 1.06 bits per heavy atom. The third-order valence-electron chi connectivity index (χ3n) is 5.76. The van der Waals surface area contributed by atoms with E-state index in [1.165, 1.54) is 30.2 Å². The molecular weight excluding hydrogens is 525 g/mol. The van der Waals surface area contributed by atoms with Gasteiger partial charge in [0.1, 0.15) is 18.3 Å². The van der Waals surface area contributed by atoms with Gasteiger partial charge in [0.2, 0.25) is 21.8 Å². The first-order valence-corrected chi connectivity index (χ1v) is 14.2. The molecule has 0 radical (unpaired) electrons. The van der Waals surface area contributed by atoms with E-state index in [9.17, 15) is 18.0 Å². The van der Waals surface area contributed by atoms with E-state index in [2.05, 4.69) is 5.32 Å². The third kappa shape index (κ3) is 8.01. The van der Waals surface area contributed by atoms with Gasteiger partial charge in [-0.3, -0.25) is 13.9 Å². The SMILES string of the molecule is CC[C@H](C(=O)N[C@@H](C)CC)N(Cc1ccc(Cl)cc1)C(=O)CN(c1ccc(OC)c(Cl)c1)S(C)(=O)=O. The Morgan fingerprint density at radius 2 is 1.69 bits per heavy atom. The number of carbonyl (C=O) groups excluding carboxylic acids is 2. The molecule has 0 aliphatic carbocycles. The van der Waals surface area contributed by atoms with Gasteiger partial charge >= 0.3 is 0 Å². The van der Waals surface area contributed by atoms with Crippen LogP contribution in [0, 0.1) is 0 Å². The lowest BCUT2D eigenvalue weighted by atomic mass is 10.1. The summed E-state index contributed by atoms with van der Waals surface area (Å²) in [6.45, 7) is 5.23. The predicted molar refractivity (Wildman–Crippen MR) is 144 cm³/mol. The Labute approximate surface area is 223 Å². The van der Waals surface area contributed by atoms with E-state index in [4.69, 9.17) is 27.9 Å². The second kappa shape index (κ2) is 13.2. The molecule has 0 spiro atoms. The summed E-state index contributed by atoms with van der Waals surface area (Å²) in [6, 6.07) is 10.5. The monoisotopic (exact) mass is 557 g/mol. The van der Waals surface area contributed by atoms with Crippen LogP contribution in [0.15, 0.2) is 42.5 Å². The topological polar surface area (TPSA) is 96.0 Å². The van der Waals surface area contributed by atoms with E-state index in [1.54, 1.807) is 31.2 Å². The molecule has 2 aromatic rings. The summed E-state index contributed by atoms with van der Waals surface area (Å²) in [6.07, 6.45) is 2.08. The zero-order valence-electron chi connectivity index (χ0n) is 21.1. The second-order valence-corrected chi connectivity index (χ2v) is 11.2. The highest BCUT2D eigenvalue weighted by atomic mass is 35.5. The average Bonchev–Trinajstić information content (AvgIpc) is 2.82. The van der Waals surface area contributed by atoms with Crippen LogP contribution in [0.25, 0.3) is 0 Å². The van der Waals surface area contributed by atoms with Gasteiger partial charge < -0.3 is 15.0 Å². The van der Waals surface area contributed by atoms with Gasteiger partial charge in [-0.1, -0.05) is 49.2 Å². The normalized spacial score (nSPS) is 13.0. The number of methoxy groups -OCH3 is 1. The minimum Gasteiger partial charge on any atom is -0.495 e. The first-order chi connectivity index (χ1) is 16.9. The number of halogens is 2. The highest BCUT2D eigenvalue weighted by Gasteiger charge is 2.32. The molecule has 0 aliphatic heterocycles. The number of amides is 2. The molecule has 0 heterocycles. The van der Waals surface area contributed by atoms with Crippen molar-refractivity contribution < 1.29 is 22.7 Å². The van der Waals surface area contributed by atoms with Crippen molar-refractivity contribution in [2.75, 3.05) is 24.2 Å². The largest absolute Gasteiger partial charge is 0.495 e. The number of sulfonamides is 1. The summed E-state index contributed by atoms with van der Waals surface area (Å²) in [7, 11) is -2.42. The summed E-state index contributed by atoms with van der Waals surface area (Å²) >= 11 is 12.2. The number of rotatable bonds is 12. The Hall–Kier alpha value is -2.49. The summed E-state index contributed by atoms with van der Waals surface area (Å²) in [5.41, 5.74) is 0.959. The number of carbonyl (C=O) groups is 2. The molecule has 2 amide bonds. The molecule has 0 aromatic heterocycles. The van der Waals surface area contributed by atoms with Gasteiger partial charge in [0.25, 0.3) is 0 Å². The van der Waals surface area contributed by atoms with Crippen LogP contribution in [0.3, 0.4) is 0 Å². The molecule has 0 unspecified atom stereocenters. The van der Waals surface area contributed by atoms with Crippen molar-refractivity contribution in [1.82, 2.24) is 10.2 Å². The molecule has 198 valence electrons. The smallest absolute Gasteiger partial charge is 0.244 e. The van der Waals surface area contributed by atoms with Crippen LogP contribution in [0.2, 0.25) is 10.0 Å². The van der Waals surface area contributed by atoms with Gasteiger partial charge in [-0.25, -0.2) is 8.42 Å². The number of anilines is 1. The zero-order valence-corrected chi connectivity index (χ0v) is 23.5. The van der Waals surface area contributed by atoms with Crippen molar-refractivity contribution in [3.05, 3.63) is 58.1 Å². The number of hydrogen-bond donors (Lipinski definition) is 1. The van der Waals surface area contributed by atoms with Crippen LogP contribution in [-0.2, 0) is 26.2 Å². The summed E-state index contributed by atoms with van der Waals surface area (Å²) in [5.74, 6) is -0.460. The first kappa shape index (κ1) is 29.7. The Balaban J connectivity index is 2.45. The van der Waals surface area contributed by atoms with Gasteiger partial charge in [-0.2, -0.15) is 0 Å². The number of ether oxygens (including phenoxy) is 1. The third-order valence-corrected chi connectivity index (χ3v) is 7.44. The van der Waals surface area contributed by atoms with Crippen molar-refractivity contribution in [3.8, 4) is 5.75 Å². The molecular formula is C25H33Cl2N3O5S. The molecule has 36 heavy (non-hydrogen) atoms. The molecule has 0 aliphatic rings. The molecule has 8 nitrogen and oxygen atoms in total. The summed E-state index contributed by atoms with van der Waals surface area (Å²) in [5, 5.41) is 3.67. The highest BCUT2D eigenvalue weighted by Crippen LogP contribution is 2.30. The van der Waals surface area contributed by atoms with Crippen LogP contribution in [0.4, 0.5) is 5.69 Å². The van der Waals surface area contributed by atoms with Gasteiger partial charge in [-0.05, 0) is 55.7 Å². The molecule has 2 atom stereocenters. The molecule has 0 saturated carbocycles. The lowest BCUT2D eigenvalue weighted by molar-refractivity contribution is -0.140. The van der Waals surface area contributed by atoms with Crippen molar-refractivity contribution in [2.24, 2.45) is 0 Å². The molecule has 0 bridgehead atoms. The van der Waals surface area contributed by atoms with Crippen molar-refractivity contribution in [3.63, 3.8) is 0 Å². The first-order valence-electron chi connectivity index (χ1n) is 11.6. The lowest BCUT2D eigenvalue weighted by Crippen LogP contribution is -2.53. The van der Waals surface area contributed by atoms with Gasteiger partial charge in [0, 0.05) is 17.6 Å². The number of hydrogen-bond acceptors (Lipinski definition) is 5. The number of nitrogens with one attached hydrogen (secondary N) is 1. The minimum absolute atomic E-state index is 0.0759. The molecule has 0 fully saturated rings. The molecule has 1 N–H and O–H groups in total. The summed E-state index contributed by atoms with van der Waals surface area (Å²) < 4.78 is 31.5. The molecule has 0 saturated heterocycles. The van der Waals surface area contributed by atoms with E-state index < -0.39 is 28.5 Å². The minimum atomic E-state index is -3.87. The zero-order chi connectivity index (χ0) is 27.0. The fourth-order valence-electron chi connectivity index (χ4n) is 3.57. The molecule has 11 heteroatoms. The van der Waals surface area contributed by atoms with E-state index in [-0.39, 0.29) is 29.2 Å². The van der Waals surface area contributed by atoms with Gasteiger partial charge in [0.05, 0.1) is 24.1 Å². The van der Waals surface area contributed by atoms with E-state index in [0.717, 1.165) is 22.5 Å². The second-order valence-electron chi connectivity index (χ2n) is 8.48. The maximum Gasteiger partial charge on any atom is 0.244 e. The molecule has 2 aromatic carbocycles. The highest BCUT2D eigenvalue weighted by molar-refractivity contribution is 7.92. The maximum atomic E-state index is 13.7. The number of nitrogens with zero attached hydrogens (tertiary/aromatic N) is 2. The number of benzene rings is 2. The standard InChI is InChI=1S/C25H33Cl2N3O5S/c1-6-17(3)28-25(32)22(7-2)29(15-18-8-10-19(26)11-9-18)24(31)16-30(36(5,33)34)20-12-13-23(35-4)21(27)14-20/h8-14,17,22H,6-7,15-16H2,1-5H3,(H,28,32)/t17-,22+/m0/s1. The van der Waals surface area contributed by atoms with Gasteiger partial charge in [-0.15, -0.1) is 0 Å². The predicted octanol–water partition coefficient (Wildman–Crippen LogP) is 4.49.